The van der Waals surface area contributed by atoms with E-state index in [1.807, 2.05) is 19.2 Å². The third-order valence-electron chi connectivity index (χ3n) is 3.25. The van der Waals surface area contributed by atoms with Gasteiger partial charge in [-0.1, -0.05) is 13.8 Å². The molecule has 23 heavy (non-hydrogen) atoms. The predicted octanol–water partition coefficient (Wildman–Crippen LogP) is 0.0746. The number of hydroxylamine groups is 2. The number of rotatable bonds is 7. The van der Waals surface area contributed by atoms with Gasteiger partial charge in [0, 0.05) is 17.0 Å². The number of likely N-dealkylation sites (N-methyl/N-ethyl adjacent to an activating group) is 1. The van der Waals surface area contributed by atoms with Crippen molar-refractivity contribution in [3.05, 3.63) is 0 Å². The molecule has 0 spiro atoms. The van der Waals surface area contributed by atoms with Gasteiger partial charge in [0.05, 0.1) is 7.41 Å². The van der Waals surface area contributed by atoms with Gasteiger partial charge in [0.1, 0.15) is 6.02 Å². The summed E-state index contributed by atoms with van der Waals surface area (Å²) in [4.78, 5) is 54.2. The predicted molar refractivity (Wildman–Crippen MR) is 81.7 cm³/mol. The van der Waals surface area contributed by atoms with Crippen LogP contribution in [0.5, 0.6) is 0 Å². The van der Waals surface area contributed by atoms with Gasteiger partial charge in [0.2, 0.25) is 5.91 Å². The normalized spacial score (nSPS) is 22.1. The quantitative estimate of drug-likeness (QED) is 0.306. The molecule has 0 aliphatic carbocycles. The Kier molecular flexibility index (Phi) is 4.72. The molecule has 0 bridgehead atoms. The highest BCUT2D eigenvalue weighted by atomic mass is 18.1. The molecule has 3 amide bonds. The number of carbonyl (C=O) groups excluding carboxylic acids is 4. The highest BCUT2D eigenvalue weighted by Crippen LogP contribution is 2.13. The summed E-state index contributed by atoms with van der Waals surface area (Å²) >= 11 is 0. The molecule has 1 rings (SSSR count). The van der Waals surface area contributed by atoms with E-state index in [2.05, 4.69) is 4.84 Å². The molecule has 1 saturated heterocycles. The first-order valence-corrected chi connectivity index (χ1v) is 7.27. The second kappa shape index (κ2) is 8.05. The minimum Gasteiger partial charge on any atom is -0.341 e. The molecule has 8 nitrogen and oxygen atoms in total. The molecule has 8 heteroatoms. The van der Waals surface area contributed by atoms with Crippen LogP contribution >= 0.6 is 0 Å². The highest BCUT2D eigenvalue weighted by Gasteiger charge is 2.34. The van der Waals surface area contributed by atoms with Crippen LogP contribution < -0.4 is 5.32 Å². The molecule has 1 aliphatic heterocycles. The van der Waals surface area contributed by atoms with E-state index in [9.17, 15) is 19.2 Å². The van der Waals surface area contributed by atoms with Gasteiger partial charge in [0.15, 0.2) is 0 Å². The maximum absolute atomic E-state index is 12.6. The van der Waals surface area contributed by atoms with Crippen molar-refractivity contribution in [2.45, 2.75) is 52.0 Å². The molecular weight excluding hydrogens is 306 g/mol. The monoisotopic (exact) mass is 335 g/mol. The van der Waals surface area contributed by atoms with Crippen molar-refractivity contribution in [3.8, 4) is 0 Å². The molecule has 1 aliphatic rings. The van der Waals surface area contributed by atoms with Crippen LogP contribution in [0.4, 0.5) is 0 Å². The second-order valence-electron chi connectivity index (χ2n) is 5.93. The number of imide groups is 1. The van der Waals surface area contributed by atoms with Crippen molar-refractivity contribution in [1.29, 1.82) is 0 Å². The van der Waals surface area contributed by atoms with Gasteiger partial charge in [-0.2, -0.15) is 0 Å². The summed E-state index contributed by atoms with van der Waals surface area (Å²) in [6, 6.07) is -3.97. The Hall–Kier alpha value is -1.96. The molecule has 1 heterocycles. The maximum Gasteiger partial charge on any atom is 0.354 e. The summed E-state index contributed by atoms with van der Waals surface area (Å²) in [7, 11) is 3.21. The minimum atomic E-state index is -3.31. The largest absolute Gasteiger partial charge is 0.354 e. The highest BCUT2D eigenvalue weighted by molar-refractivity contribution is 6.02. The lowest BCUT2D eigenvalue weighted by Gasteiger charge is -2.26. The first-order chi connectivity index (χ1) is 12.2. The van der Waals surface area contributed by atoms with E-state index >= 15 is 0 Å². The average molecular weight is 335 g/mol. The molecule has 0 radical (unpaired) electrons. The zero-order valence-corrected chi connectivity index (χ0v) is 13.7. The van der Waals surface area contributed by atoms with Crippen LogP contribution in [0.25, 0.3) is 0 Å². The third-order valence-corrected chi connectivity index (χ3v) is 3.25. The molecular formula is C15H25N3O5. The van der Waals surface area contributed by atoms with Crippen LogP contribution in [0, 0.1) is 5.92 Å². The van der Waals surface area contributed by atoms with E-state index in [0.29, 0.717) is 6.42 Å². The van der Waals surface area contributed by atoms with E-state index < -0.39 is 42.6 Å². The Morgan fingerprint density at radius 3 is 2.43 bits per heavy atom. The Balaban J connectivity index is 3.08. The Bertz CT molecular complexity index is 607. The van der Waals surface area contributed by atoms with Crippen molar-refractivity contribution in [3.63, 3.8) is 0 Å². The van der Waals surface area contributed by atoms with E-state index in [0.717, 1.165) is 0 Å². The summed E-state index contributed by atoms with van der Waals surface area (Å²) in [5.74, 6) is -4.14. The SMILES string of the molecule is [2H]C([2H])([2H])C([2H])(N[13C](=[18O])C(CC(C)C)[15N](C)C)C(=O)ON1C(=O)CCC1=O. The fraction of sp³-hybridized carbons (Fsp3) is 0.733. The number of hydrogen-bond donors (Lipinski definition) is 1. The lowest BCUT2D eigenvalue weighted by Crippen LogP contribution is -2.50. The summed E-state index contributed by atoms with van der Waals surface area (Å²) in [5.41, 5.74) is 0. The Labute approximate surface area is 141 Å². The van der Waals surface area contributed by atoms with Gasteiger partial charge in [-0.25, -0.2) is 4.79 Å². The van der Waals surface area contributed by atoms with Crippen LogP contribution in [0.2, 0.25) is 0 Å². The van der Waals surface area contributed by atoms with Gasteiger partial charge >= 0.3 is 5.97 Å². The number of carbonyl (C=O) groups is 4. The fourth-order valence-electron chi connectivity index (χ4n) is 2.04. The van der Waals surface area contributed by atoms with E-state index in [1.54, 1.807) is 14.1 Å². The third kappa shape index (κ3) is 5.31. The zero-order valence-electron chi connectivity index (χ0n) is 17.7. The summed E-state index contributed by atoms with van der Waals surface area (Å²) < 4.78 is 30.6. The van der Waals surface area contributed by atoms with Crippen LogP contribution in [0.15, 0.2) is 0 Å². The van der Waals surface area contributed by atoms with E-state index in [-0.39, 0.29) is 23.8 Å². The van der Waals surface area contributed by atoms with Gasteiger partial charge in [-0.05, 0) is 33.3 Å². The fourth-order valence-corrected chi connectivity index (χ4v) is 2.04. The van der Waals surface area contributed by atoms with E-state index in [4.69, 9.17) is 5.48 Å². The molecule has 2 atom stereocenters. The summed E-state index contributed by atoms with van der Waals surface area (Å²) in [5, 5.41) is 2.06. The molecule has 2 unspecified atom stereocenters. The van der Waals surface area contributed by atoms with Crippen LogP contribution in [0.3, 0.4) is 0 Å². The first kappa shape index (κ1) is 13.5. The van der Waals surface area contributed by atoms with Gasteiger partial charge in [-0.15, -0.1) is 5.06 Å². The smallest absolute Gasteiger partial charge is 0.341 e. The topological polar surface area (TPSA) is 96.0 Å². The minimum absolute atomic E-state index is 0.0860. The number of amides is 3. The summed E-state index contributed by atoms with van der Waals surface area (Å²) in [6.45, 7) is 0.418. The van der Waals surface area contributed by atoms with Crippen molar-refractivity contribution in [2.24, 2.45) is 5.92 Å². The molecule has 0 saturated carbocycles. The molecule has 1 fully saturated rings. The van der Waals surface area contributed by atoms with Crippen molar-refractivity contribution in [1.82, 2.24) is 15.3 Å². The molecule has 0 aromatic carbocycles. The molecule has 1 N–H and O–H groups in total. The van der Waals surface area contributed by atoms with Gasteiger partial charge in [0.25, 0.3) is 11.8 Å². The Morgan fingerprint density at radius 2 is 2.00 bits per heavy atom. The molecule has 0 aromatic rings. The average Bonchev–Trinajstić information content (AvgIpc) is 2.82. The van der Waals surface area contributed by atoms with Crippen molar-refractivity contribution in [2.75, 3.05) is 14.1 Å². The lowest BCUT2D eigenvalue weighted by molar-refractivity contribution is -0.198. The molecule has 130 valence electrons. The van der Waals surface area contributed by atoms with Crippen molar-refractivity contribution >= 4 is 23.7 Å². The van der Waals surface area contributed by atoms with Crippen molar-refractivity contribution < 1.29 is 29.5 Å². The number of nitrogens with one attached hydrogen (secondary N) is 1. The maximum atomic E-state index is 12.6. The molecule has 0 aromatic heterocycles. The first-order valence-electron chi connectivity index (χ1n) is 9.27. The number of hydrogen-bond acceptors (Lipinski definition) is 6. The second-order valence-corrected chi connectivity index (χ2v) is 5.93. The number of nitrogens with zero attached hydrogens (tertiary/aromatic N) is 2. The van der Waals surface area contributed by atoms with Gasteiger partial charge in [-0.3, -0.25) is 19.3 Å². The van der Waals surface area contributed by atoms with Crippen LogP contribution in [-0.4, -0.2) is 59.8 Å². The lowest BCUT2D eigenvalue weighted by atomic mass is 10.1. The van der Waals surface area contributed by atoms with Crippen LogP contribution in [0.1, 0.15) is 45.4 Å². The van der Waals surface area contributed by atoms with E-state index in [1.165, 1.54) is 4.90 Å². The van der Waals surface area contributed by atoms with Gasteiger partial charge < -0.3 is 10.2 Å². The van der Waals surface area contributed by atoms with Crippen LogP contribution in [-0.2, 0) is 24.0 Å². The standard InChI is InChI=1S/C15H25N3O5/c1-9(2)8-11(17(4)5)14(21)16-10(3)15(22)23-18-12(19)6-7-13(18)20/h9-11H,6-8H2,1-5H3,(H,16,21)/i3D3,10D,14+1,17+1,21+2. The summed E-state index contributed by atoms with van der Waals surface area (Å²) in [6.07, 6.45) is -0.0171. The Morgan fingerprint density at radius 1 is 1.43 bits per heavy atom. The zero-order chi connectivity index (χ0) is 21.2.